The number of aliphatic hydroxyl groups excluding tert-OH is 1. The average molecular weight is 346 g/mol. The van der Waals surface area contributed by atoms with Gasteiger partial charge in [0.25, 0.3) is 0 Å². The fourth-order valence-corrected chi connectivity index (χ4v) is 4.48. The number of hydrogen-bond acceptors (Lipinski definition) is 2. The van der Waals surface area contributed by atoms with Gasteiger partial charge in [0.1, 0.15) is 0 Å². The van der Waals surface area contributed by atoms with Gasteiger partial charge in [0.2, 0.25) is 0 Å². The van der Waals surface area contributed by atoms with Crippen molar-refractivity contribution in [2.24, 2.45) is 17.8 Å². The van der Waals surface area contributed by atoms with E-state index in [0.717, 1.165) is 25.7 Å². The highest BCUT2D eigenvalue weighted by molar-refractivity contribution is 5.20. The molecule has 2 nitrogen and oxygen atoms in total. The van der Waals surface area contributed by atoms with Gasteiger partial charge in [0.15, 0.2) is 0 Å². The van der Waals surface area contributed by atoms with Crippen LogP contribution in [0.5, 0.6) is 0 Å². The molecule has 0 aliphatic heterocycles. The lowest BCUT2D eigenvalue weighted by Gasteiger charge is -2.18. The topological polar surface area (TPSA) is 23.5 Å². The molecular formula is C23H39NO. The summed E-state index contributed by atoms with van der Waals surface area (Å²) in [4.78, 5) is 2.27. The molecule has 2 aliphatic carbocycles. The Kier molecular flexibility index (Phi) is 8.98. The lowest BCUT2D eigenvalue weighted by atomic mass is 9.88. The first kappa shape index (κ1) is 20.5. The Morgan fingerprint density at radius 3 is 2.68 bits per heavy atom. The largest absolute Gasteiger partial charge is 0.392 e. The van der Waals surface area contributed by atoms with E-state index in [-0.39, 0.29) is 6.10 Å². The molecule has 0 bridgehead atoms. The fourth-order valence-electron chi connectivity index (χ4n) is 4.48. The van der Waals surface area contributed by atoms with Crippen LogP contribution in [0.4, 0.5) is 0 Å². The van der Waals surface area contributed by atoms with E-state index >= 15 is 0 Å². The average Bonchev–Trinajstić information content (AvgIpc) is 3.07. The van der Waals surface area contributed by atoms with Crippen molar-refractivity contribution >= 4 is 0 Å². The van der Waals surface area contributed by atoms with Gasteiger partial charge in [-0.2, -0.15) is 0 Å². The van der Waals surface area contributed by atoms with E-state index < -0.39 is 0 Å². The number of rotatable bonds is 11. The minimum Gasteiger partial charge on any atom is -0.392 e. The zero-order valence-electron chi connectivity index (χ0n) is 16.7. The Hall–Kier alpha value is -0.860. The summed E-state index contributed by atoms with van der Waals surface area (Å²) in [5.74, 6) is 1.67. The number of unbranched alkanes of at least 4 members (excludes halogenated alkanes) is 3. The van der Waals surface area contributed by atoms with Gasteiger partial charge in [-0.3, -0.25) is 0 Å². The van der Waals surface area contributed by atoms with Gasteiger partial charge in [-0.1, -0.05) is 49.3 Å². The first-order valence-corrected chi connectivity index (χ1v) is 10.5. The molecular weight excluding hydrogens is 306 g/mol. The van der Waals surface area contributed by atoms with Crippen molar-refractivity contribution < 1.29 is 5.11 Å². The summed E-state index contributed by atoms with van der Waals surface area (Å²) in [7, 11) is 4.31. The van der Waals surface area contributed by atoms with Gasteiger partial charge in [0.05, 0.1) is 6.10 Å². The zero-order valence-corrected chi connectivity index (χ0v) is 16.7. The first-order chi connectivity index (χ1) is 12.1. The molecule has 142 valence electrons. The predicted molar refractivity (Wildman–Crippen MR) is 109 cm³/mol. The molecule has 2 rings (SSSR count). The summed E-state index contributed by atoms with van der Waals surface area (Å²) in [5, 5.41) is 10.4. The van der Waals surface area contributed by atoms with E-state index in [0.29, 0.717) is 17.8 Å². The van der Waals surface area contributed by atoms with E-state index in [4.69, 9.17) is 0 Å². The first-order valence-electron chi connectivity index (χ1n) is 10.5. The summed E-state index contributed by atoms with van der Waals surface area (Å²) < 4.78 is 0. The van der Waals surface area contributed by atoms with E-state index in [1.165, 1.54) is 38.6 Å². The normalized spacial score (nSPS) is 29.2. The number of allylic oxidation sites excluding steroid dienone is 5. The predicted octanol–water partition coefficient (Wildman–Crippen LogP) is 5.35. The van der Waals surface area contributed by atoms with Gasteiger partial charge in [-0.05, 0) is 83.8 Å². The molecule has 0 saturated heterocycles. The van der Waals surface area contributed by atoms with Crippen LogP contribution in [0.2, 0.25) is 0 Å². The lowest BCUT2D eigenvalue weighted by Crippen LogP contribution is -2.17. The molecule has 0 aromatic carbocycles. The maximum atomic E-state index is 10.4. The van der Waals surface area contributed by atoms with E-state index in [2.05, 4.69) is 56.3 Å². The maximum absolute atomic E-state index is 10.4. The van der Waals surface area contributed by atoms with Crippen LogP contribution in [0.15, 0.2) is 36.0 Å². The van der Waals surface area contributed by atoms with Crippen LogP contribution in [0.25, 0.3) is 0 Å². The van der Waals surface area contributed by atoms with Crippen molar-refractivity contribution in [1.29, 1.82) is 0 Å². The molecule has 0 amide bonds. The van der Waals surface area contributed by atoms with Crippen LogP contribution >= 0.6 is 0 Å². The third-order valence-electron chi connectivity index (χ3n) is 5.81. The van der Waals surface area contributed by atoms with Crippen LogP contribution in [0.1, 0.15) is 64.7 Å². The van der Waals surface area contributed by atoms with E-state index in [9.17, 15) is 5.11 Å². The van der Waals surface area contributed by atoms with Gasteiger partial charge in [-0.15, -0.1) is 0 Å². The van der Waals surface area contributed by atoms with Crippen LogP contribution in [-0.2, 0) is 0 Å². The Balaban J connectivity index is 1.71. The van der Waals surface area contributed by atoms with Crippen molar-refractivity contribution in [1.82, 2.24) is 4.90 Å². The summed E-state index contributed by atoms with van der Waals surface area (Å²) in [6.45, 7) is 3.38. The molecule has 0 heterocycles. The molecule has 0 spiro atoms. The smallest absolute Gasteiger partial charge is 0.0611 e. The second kappa shape index (κ2) is 11.0. The molecule has 1 saturated carbocycles. The van der Waals surface area contributed by atoms with Crippen molar-refractivity contribution in [2.75, 3.05) is 20.6 Å². The summed E-state index contributed by atoms with van der Waals surface area (Å²) in [5.41, 5.74) is 1.66. The van der Waals surface area contributed by atoms with Crippen LogP contribution in [0, 0.1) is 17.8 Å². The Morgan fingerprint density at radius 1 is 1.12 bits per heavy atom. The van der Waals surface area contributed by atoms with Crippen LogP contribution in [0.3, 0.4) is 0 Å². The Labute approximate surface area is 155 Å². The SMILES string of the molecule is CCC=CCCC=C[C@@H]1[C@H]2CC(CCCCCN(C)C)=C[C@H]2C[C@H]1O. The number of hydrogen-bond donors (Lipinski definition) is 1. The third kappa shape index (κ3) is 6.75. The number of nitrogens with zero attached hydrogens (tertiary/aromatic N) is 1. The van der Waals surface area contributed by atoms with E-state index in [1.54, 1.807) is 5.57 Å². The minimum atomic E-state index is -0.129. The van der Waals surface area contributed by atoms with Crippen molar-refractivity contribution in [3.63, 3.8) is 0 Å². The third-order valence-corrected chi connectivity index (χ3v) is 5.81. The van der Waals surface area contributed by atoms with Gasteiger partial charge >= 0.3 is 0 Å². The maximum Gasteiger partial charge on any atom is 0.0611 e. The molecule has 0 aromatic rings. The second-order valence-corrected chi connectivity index (χ2v) is 8.24. The summed E-state index contributed by atoms with van der Waals surface area (Å²) in [6, 6.07) is 0. The molecule has 25 heavy (non-hydrogen) atoms. The highest BCUT2D eigenvalue weighted by Crippen LogP contribution is 2.48. The monoisotopic (exact) mass is 345 g/mol. The quantitative estimate of drug-likeness (QED) is 0.403. The number of fused-ring (bicyclic) bond motifs is 1. The second-order valence-electron chi connectivity index (χ2n) is 8.24. The van der Waals surface area contributed by atoms with Crippen LogP contribution < -0.4 is 0 Å². The van der Waals surface area contributed by atoms with Gasteiger partial charge in [0, 0.05) is 5.92 Å². The zero-order chi connectivity index (χ0) is 18.1. The standard InChI is InChI=1S/C23H39NO/c1-4-5-6-7-8-11-14-21-22-17-19(16-20(22)18-23(21)25)13-10-9-12-15-24(2)3/h5-6,11,14,16,20-23,25H,4,7-10,12-13,15,17-18H2,1-3H3/t20-,21+,22-,23+/m0/s1. The summed E-state index contributed by atoms with van der Waals surface area (Å²) in [6.07, 6.45) is 22.3. The summed E-state index contributed by atoms with van der Waals surface area (Å²) >= 11 is 0. The highest BCUT2D eigenvalue weighted by Gasteiger charge is 2.42. The Morgan fingerprint density at radius 2 is 1.92 bits per heavy atom. The number of aliphatic hydroxyl groups is 1. The molecule has 0 aromatic heterocycles. The molecule has 0 unspecified atom stereocenters. The van der Waals surface area contributed by atoms with Crippen molar-refractivity contribution in [3.05, 3.63) is 36.0 Å². The molecule has 2 heteroatoms. The minimum absolute atomic E-state index is 0.129. The van der Waals surface area contributed by atoms with Crippen LogP contribution in [-0.4, -0.2) is 36.8 Å². The van der Waals surface area contributed by atoms with Gasteiger partial charge < -0.3 is 10.0 Å². The Bertz CT molecular complexity index is 463. The fraction of sp³-hybridized carbons (Fsp3) is 0.739. The van der Waals surface area contributed by atoms with Gasteiger partial charge in [-0.25, -0.2) is 0 Å². The highest BCUT2D eigenvalue weighted by atomic mass is 16.3. The molecule has 0 radical (unpaired) electrons. The molecule has 4 atom stereocenters. The molecule has 1 fully saturated rings. The van der Waals surface area contributed by atoms with E-state index in [1.807, 2.05) is 0 Å². The van der Waals surface area contributed by atoms with Crippen molar-refractivity contribution in [2.45, 2.75) is 70.8 Å². The van der Waals surface area contributed by atoms with Crippen molar-refractivity contribution in [3.8, 4) is 0 Å². The molecule has 1 N–H and O–H groups in total. The lowest BCUT2D eigenvalue weighted by molar-refractivity contribution is 0.141. The molecule has 2 aliphatic rings.